The highest BCUT2D eigenvalue weighted by molar-refractivity contribution is 7.99. The van der Waals surface area contributed by atoms with Crippen LogP contribution < -0.4 is 10.6 Å². The summed E-state index contributed by atoms with van der Waals surface area (Å²) >= 11 is 7.20. The van der Waals surface area contributed by atoms with Crippen LogP contribution in [0, 0.1) is 13.8 Å². The van der Waals surface area contributed by atoms with Crippen LogP contribution >= 0.6 is 23.4 Å². The summed E-state index contributed by atoms with van der Waals surface area (Å²) in [6.45, 7) is 8.38. The topological polar surface area (TPSA) is 88.9 Å². The van der Waals surface area contributed by atoms with Crippen molar-refractivity contribution < 1.29 is 9.59 Å². The maximum Gasteiger partial charge on any atom is 0.251 e. The Balaban J connectivity index is 1.64. The number of hydrogen-bond acceptors (Lipinski definition) is 5. The molecule has 1 heterocycles. The highest BCUT2D eigenvalue weighted by atomic mass is 35.5. The molecule has 3 rings (SSSR count). The molecule has 32 heavy (non-hydrogen) atoms. The lowest BCUT2D eigenvalue weighted by atomic mass is 10.1. The van der Waals surface area contributed by atoms with E-state index in [0.29, 0.717) is 28.1 Å². The minimum atomic E-state index is -0.358. The summed E-state index contributed by atoms with van der Waals surface area (Å²) in [4.78, 5) is 25.0. The molecule has 0 fully saturated rings. The van der Waals surface area contributed by atoms with E-state index in [1.165, 1.54) is 11.8 Å². The largest absolute Gasteiger partial charge is 0.342 e. The highest BCUT2D eigenvalue weighted by Gasteiger charge is 2.20. The molecule has 0 aliphatic heterocycles. The van der Waals surface area contributed by atoms with Crippen molar-refractivity contribution in [3.8, 4) is 0 Å². The molecule has 0 unspecified atom stereocenters. The lowest BCUT2D eigenvalue weighted by molar-refractivity contribution is -0.113. The first-order valence-electron chi connectivity index (χ1n) is 10.3. The molecular weight excluding hydrogens is 446 g/mol. The Morgan fingerprint density at radius 3 is 2.38 bits per heavy atom. The summed E-state index contributed by atoms with van der Waals surface area (Å²) in [6, 6.07) is 12.2. The molecular formula is C23H26ClN5O2S. The van der Waals surface area contributed by atoms with E-state index >= 15 is 0 Å². The van der Waals surface area contributed by atoms with Crippen LogP contribution in [-0.4, -0.2) is 32.3 Å². The summed E-state index contributed by atoms with van der Waals surface area (Å²) in [5.41, 5.74) is 3.40. The van der Waals surface area contributed by atoms with Gasteiger partial charge in [-0.3, -0.25) is 9.59 Å². The van der Waals surface area contributed by atoms with E-state index in [0.717, 1.165) is 16.8 Å². The molecule has 0 saturated carbocycles. The molecule has 0 spiro atoms. The predicted molar refractivity (Wildman–Crippen MR) is 128 cm³/mol. The second-order valence-corrected chi connectivity index (χ2v) is 8.77. The van der Waals surface area contributed by atoms with Gasteiger partial charge < -0.3 is 15.2 Å². The average Bonchev–Trinajstić information content (AvgIpc) is 3.18. The van der Waals surface area contributed by atoms with Crippen LogP contribution in [0.4, 0.5) is 5.69 Å². The van der Waals surface area contributed by atoms with Gasteiger partial charge in [0.2, 0.25) is 5.91 Å². The number of amides is 2. The molecule has 7 nitrogen and oxygen atoms in total. The number of anilines is 1. The summed E-state index contributed by atoms with van der Waals surface area (Å²) in [7, 11) is 0. The Labute approximate surface area is 197 Å². The fourth-order valence-electron chi connectivity index (χ4n) is 3.29. The first-order chi connectivity index (χ1) is 15.3. The Morgan fingerprint density at radius 1 is 1.09 bits per heavy atom. The molecule has 1 atom stereocenters. The minimum absolute atomic E-state index is 0.108. The number of aryl methyl sites for hydroxylation is 2. The van der Waals surface area contributed by atoms with Crippen molar-refractivity contribution in [3.63, 3.8) is 0 Å². The lowest BCUT2D eigenvalue weighted by Gasteiger charge is -2.15. The first-order valence-corrected chi connectivity index (χ1v) is 11.6. The van der Waals surface area contributed by atoms with Crippen LogP contribution in [0.5, 0.6) is 0 Å². The second kappa shape index (κ2) is 10.7. The quantitative estimate of drug-likeness (QED) is 0.461. The summed E-state index contributed by atoms with van der Waals surface area (Å²) in [5.74, 6) is 0.510. The van der Waals surface area contributed by atoms with Crippen molar-refractivity contribution in [2.45, 2.75) is 45.4 Å². The van der Waals surface area contributed by atoms with Gasteiger partial charge in [0.05, 0.1) is 11.8 Å². The van der Waals surface area contributed by atoms with Crippen LogP contribution in [0.25, 0.3) is 0 Å². The molecule has 1 aromatic heterocycles. The lowest BCUT2D eigenvalue weighted by Crippen LogP contribution is -2.28. The molecule has 9 heteroatoms. The molecule has 2 aromatic carbocycles. The second-order valence-electron chi connectivity index (χ2n) is 7.39. The molecule has 2 amide bonds. The van der Waals surface area contributed by atoms with E-state index in [1.807, 2.05) is 50.5 Å². The summed E-state index contributed by atoms with van der Waals surface area (Å²) < 4.78 is 1.91. The van der Waals surface area contributed by atoms with Crippen molar-refractivity contribution in [1.29, 1.82) is 0 Å². The molecule has 0 radical (unpaired) electrons. The number of nitrogens with one attached hydrogen (secondary N) is 2. The maximum absolute atomic E-state index is 12.5. The summed E-state index contributed by atoms with van der Waals surface area (Å²) in [5, 5.41) is 15.6. The third-order valence-corrected chi connectivity index (χ3v) is 6.20. The van der Waals surface area contributed by atoms with E-state index in [4.69, 9.17) is 11.6 Å². The zero-order valence-corrected chi connectivity index (χ0v) is 20.0. The van der Waals surface area contributed by atoms with Gasteiger partial charge in [-0.2, -0.15) is 0 Å². The number of hydrogen-bond donors (Lipinski definition) is 2. The highest BCUT2D eigenvalue weighted by Crippen LogP contribution is 2.23. The van der Waals surface area contributed by atoms with Crippen LogP contribution in [0.2, 0.25) is 5.02 Å². The molecule has 3 aromatic rings. The number of carbonyl (C=O) groups excluding carboxylic acids is 2. The minimum Gasteiger partial charge on any atom is -0.342 e. The van der Waals surface area contributed by atoms with Crippen LogP contribution in [0.3, 0.4) is 0 Å². The number of aromatic nitrogens is 3. The van der Waals surface area contributed by atoms with E-state index < -0.39 is 0 Å². The predicted octanol–water partition coefficient (Wildman–Crippen LogP) is 4.79. The van der Waals surface area contributed by atoms with Gasteiger partial charge in [0.15, 0.2) is 11.0 Å². The summed E-state index contributed by atoms with van der Waals surface area (Å²) in [6.07, 6.45) is 0. The number of para-hydroxylation sites is 1. The first kappa shape index (κ1) is 23.8. The van der Waals surface area contributed by atoms with Crippen LogP contribution in [0.15, 0.2) is 47.6 Å². The van der Waals surface area contributed by atoms with E-state index in [-0.39, 0.29) is 23.6 Å². The van der Waals surface area contributed by atoms with Crippen molar-refractivity contribution in [2.75, 3.05) is 11.1 Å². The van der Waals surface area contributed by atoms with Gasteiger partial charge in [0.1, 0.15) is 0 Å². The fraction of sp³-hybridized carbons (Fsp3) is 0.304. The van der Waals surface area contributed by atoms with Crippen LogP contribution in [0.1, 0.15) is 47.2 Å². The van der Waals surface area contributed by atoms with E-state index in [9.17, 15) is 9.59 Å². The Hall–Kier alpha value is -2.84. The molecule has 2 N–H and O–H groups in total. The molecule has 0 saturated heterocycles. The van der Waals surface area contributed by atoms with Crippen molar-refractivity contribution >= 4 is 40.9 Å². The number of thioether (sulfide) groups is 1. The standard InChI is InChI=1S/C23H26ClN5O2S/c1-5-29-21(16(4)25-22(31)17-9-11-18(24)12-10-17)27-28-23(29)32-13-19(30)26-20-14(2)7-6-8-15(20)3/h6-12,16H,5,13H2,1-4H3,(H,25,31)(H,26,30)/t16-/m1/s1. The fourth-order valence-corrected chi connectivity index (χ4v) is 4.22. The molecule has 0 aliphatic rings. The van der Waals surface area contributed by atoms with Gasteiger partial charge in [-0.25, -0.2) is 0 Å². The van der Waals surface area contributed by atoms with Gasteiger partial charge in [-0.05, 0) is 63.1 Å². The smallest absolute Gasteiger partial charge is 0.251 e. The van der Waals surface area contributed by atoms with Crippen molar-refractivity contribution in [2.24, 2.45) is 0 Å². The number of benzene rings is 2. The Morgan fingerprint density at radius 2 is 1.75 bits per heavy atom. The zero-order chi connectivity index (χ0) is 23.3. The molecule has 168 valence electrons. The number of nitrogens with zero attached hydrogens (tertiary/aromatic N) is 3. The van der Waals surface area contributed by atoms with E-state index in [1.54, 1.807) is 24.3 Å². The van der Waals surface area contributed by atoms with Gasteiger partial charge >= 0.3 is 0 Å². The third-order valence-electron chi connectivity index (χ3n) is 4.98. The van der Waals surface area contributed by atoms with E-state index in [2.05, 4.69) is 20.8 Å². The zero-order valence-electron chi connectivity index (χ0n) is 18.5. The average molecular weight is 472 g/mol. The van der Waals surface area contributed by atoms with Gasteiger partial charge in [-0.1, -0.05) is 41.6 Å². The van der Waals surface area contributed by atoms with Crippen LogP contribution in [-0.2, 0) is 11.3 Å². The maximum atomic E-state index is 12.5. The SMILES string of the molecule is CCn1c(SCC(=O)Nc2c(C)cccc2C)nnc1[C@@H](C)NC(=O)c1ccc(Cl)cc1. The normalized spacial score (nSPS) is 11.8. The van der Waals surface area contributed by atoms with Gasteiger partial charge in [0, 0.05) is 22.8 Å². The van der Waals surface area contributed by atoms with Crippen molar-refractivity contribution in [1.82, 2.24) is 20.1 Å². The van der Waals surface area contributed by atoms with Gasteiger partial charge in [-0.15, -0.1) is 10.2 Å². The monoisotopic (exact) mass is 471 g/mol. The van der Waals surface area contributed by atoms with Gasteiger partial charge in [0.25, 0.3) is 5.91 Å². The number of halogens is 1. The number of rotatable bonds is 8. The van der Waals surface area contributed by atoms with Crippen molar-refractivity contribution in [3.05, 3.63) is 70.0 Å². The Kier molecular flexibility index (Phi) is 7.93. The molecule has 0 aliphatic carbocycles. The Bertz CT molecular complexity index is 1090. The number of carbonyl (C=O) groups is 2. The third kappa shape index (κ3) is 5.69. The molecule has 0 bridgehead atoms.